The van der Waals surface area contributed by atoms with Gasteiger partial charge in [-0.25, -0.2) is 9.59 Å². The molecule has 4 atom stereocenters. The molecule has 2 aromatic rings. The summed E-state index contributed by atoms with van der Waals surface area (Å²) in [5, 5.41) is 0. The monoisotopic (exact) mass is 366 g/mol. The van der Waals surface area contributed by atoms with Crippen molar-refractivity contribution < 1.29 is 23.8 Å². The molecule has 1 aliphatic carbocycles. The molecule has 0 unspecified atom stereocenters. The fourth-order valence-electron chi connectivity index (χ4n) is 3.66. The predicted octanol–water partition coefficient (Wildman–Crippen LogP) is 3.49. The van der Waals surface area contributed by atoms with Crippen molar-refractivity contribution in [3.63, 3.8) is 0 Å². The van der Waals surface area contributed by atoms with E-state index in [1.165, 1.54) is 0 Å². The second-order valence-electron chi connectivity index (χ2n) is 7.13. The number of hydrogen-bond acceptors (Lipinski definition) is 5. The molecule has 2 aliphatic rings. The van der Waals surface area contributed by atoms with Gasteiger partial charge in [0.05, 0.1) is 36.5 Å². The van der Waals surface area contributed by atoms with Gasteiger partial charge in [0.2, 0.25) is 0 Å². The van der Waals surface area contributed by atoms with Crippen LogP contribution in [-0.2, 0) is 14.2 Å². The summed E-state index contributed by atoms with van der Waals surface area (Å²) in [5.74, 6) is -0.390. The van der Waals surface area contributed by atoms with Crippen LogP contribution < -0.4 is 0 Å². The van der Waals surface area contributed by atoms with Crippen LogP contribution in [0.1, 0.15) is 33.6 Å². The number of ether oxygens (including phenoxy) is 3. The zero-order valence-corrected chi connectivity index (χ0v) is 15.0. The normalized spacial score (nSPS) is 25.9. The van der Waals surface area contributed by atoms with Crippen LogP contribution >= 0.6 is 0 Å². The third-order valence-corrected chi connectivity index (χ3v) is 5.30. The molecule has 0 bridgehead atoms. The molecular weight excluding hydrogens is 344 g/mol. The highest BCUT2D eigenvalue weighted by Gasteiger charge is 2.48. The lowest BCUT2D eigenvalue weighted by Gasteiger charge is -2.28. The van der Waals surface area contributed by atoms with E-state index in [1.807, 2.05) is 36.4 Å². The van der Waals surface area contributed by atoms with E-state index in [1.54, 1.807) is 24.3 Å². The van der Waals surface area contributed by atoms with E-state index in [0.717, 1.165) is 12.8 Å². The number of hydrogen-bond donors (Lipinski definition) is 0. The van der Waals surface area contributed by atoms with Crippen molar-refractivity contribution in [3.05, 3.63) is 71.8 Å². The van der Waals surface area contributed by atoms with Gasteiger partial charge in [0.15, 0.2) is 0 Å². The number of esters is 2. The van der Waals surface area contributed by atoms with Crippen LogP contribution in [0.2, 0.25) is 0 Å². The summed E-state index contributed by atoms with van der Waals surface area (Å²) in [6.45, 7) is 0.627. The third-order valence-electron chi connectivity index (χ3n) is 5.30. The molecule has 0 radical (unpaired) electrons. The van der Waals surface area contributed by atoms with Gasteiger partial charge in [0.25, 0.3) is 0 Å². The summed E-state index contributed by atoms with van der Waals surface area (Å²) >= 11 is 0. The fourth-order valence-corrected chi connectivity index (χ4v) is 3.66. The van der Waals surface area contributed by atoms with E-state index < -0.39 is 0 Å². The Hall–Kier alpha value is -2.66. The summed E-state index contributed by atoms with van der Waals surface area (Å²) in [5.41, 5.74) is 1.09. The van der Waals surface area contributed by atoms with Crippen LogP contribution in [0.25, 0.3) is 0 Å². The predicted molar refractivity (Wildman–Crippen MR) is 98.3 cm³/mol. The first-order valence-corrected chi connectivity index (χ1v) is 9.30. The Balaban J connectivity index is 1.33. The fraction of sp³-hybridized carbons (Fsp3) is 0.364. The zero-order valence-electron chi connectivity index (χ0n) is 15.0. The molecule has 27 heavy (non-hydrogen) atoms. The van der Waals surface area contributed by atoms with Gasteiger partial charge in [-0.3, -0.25) is 0 Å². The largest absolute Gasteiger partial charge is 0.462 e. The van der Waals surface area contributed by atoms with Gasteiger partial charge in [-0.1, -0.05) is 36.4 Å². The second kappa shape index (κ2) is 7.92. The molecule has 1 aliphatic heterocycles. The minimum Gasteiger partial charge on any atom is -0.462 e. The summed E-state index contributed by atoms with van der Waals surface area (Å²) in [7, 11) is 0. The lowest BCUT2D eigenvalue weighted by Crippen LogP contribution is -2.32. The first-order valence-electron chi connectivity index (χ1n) is 9.30. The van der Waals surface area contributed by atoms with Gasteiger partial charge >= 0.3 is 11.9 Å². The van der Waals surface area contributed by atoms with Crippen LogP contribution in [0.15, 0.2) is 60.7 Å². The first kappa shape index (κ1) is 17.7. The zero-order chi connectivity index (χ0) is 18.6. The highest BCUT2D eigenvalue weighted by Crippen LogP contribution is 2.43. The maximum atomic E-state index is 12.2. The highest BCUT2D eigenvalue weighted by atomic mass is 16.6. The molecule has 1 saturated carbocycles. The van der Waals surface area contributed by atoms with Gasteiger partial charge in [-0.2, -0.15) is 0 Å². The van der Waals surface area contributed by atoms with Crippen LogP contribution in [0, 0.1) is 11.8 Å². The topological polar surface area (TPSA) is 65.1 Å². The summed E-state index contributed by atoms with van der Waals surface area (Å²) < 4.78 is 16.7. The lowest BCUT2D eigenvalue weighted by molar-refractivity contribution is 0.0166. The quantitative estimate of drug-likeness (QED) is 0.578. The Morgan fingerprint density at radius 2 is 1.15 bits per heavy atom. The number of benzene rings is 2. The van der Waals surface area contributed by atoms with Crippen LogP contribution in [-0.4, -0.2) is 37.4 Å². The molecule has 0 amide bonds. The molecule has 4 rings (SSSR count). The van der Waals surface area contributed by atoms with Crippen LogP contribution in [0.5, 0.6) is 0 Å². The molecule has 0 N–H and O–H groups in total. The van der Waals surface area contributed by atoms with Crippen molar-refractivity contribution in [1.82, 2.24) is 0 Å². The van der Waals surface area contributed by atoms with Crippen molar-refractivity contribution in [3.8, 4) is 0 Å². The molecule has 2 fully saturated rings. The molecular formula is C22H22O5. The van der Waals surface area contributed by atoms with Gasteiger partial charge in [-0.05, 0) is 37.1 Å². The average molecular weight is 366 g/mol. The van der Waals surface area contributed by atoms with E-state index >= 15 is 0 Å². The summed E-state index contributed by atoms with van der Waals surface area (Å²) in [6.07, 6.45) is 2.18. The number of epoxide rings is 1. The number of carbonyl (C=O) groups is 2. The Labute approximate surface area is 158 Å². The van der Waals surface area contributed by atoms with Crippen molar-refractivity contribution in [2.24, 2.45) is 11.8 Å². The lowest BCUT2D eigenvalue weighted by atomic mass is 9.80. The molecule has 5 heteroatoms. The van der Waals surface area contributed by atoms with Gasteiger partial charge in [0, 0.05) is 11.8 Å². The maximum absolute atomic E-state index is 12.2. The van der Waals surface area contributed by atoms with E-state index in [4.69, 9.17) is 14.2 Å². The second-order valence-corrected chi connectivity index (χ2v) is 7.13. The molecule has 1 heterocycles. The minimum absolute atomic E-state index is 0.130. The molecule has 140 valence electrons. The van der Waals surface area contributed by atoms with Gasteiger partial charge in [-0.15, -0.1) is 0 Å². The molecule has 0 spiro atoms. The third kappa shape index (κ3) is 4.37. The number of carbonyl (C=O) groups excluding carboxylic acids is 2. The van der Waals surface area contributed by atoms with E-state index in [-0.39, 0.29) is 36.0 Å². The Kier molecular flexibility index (Phi) is 5.21. The van der Waals surface area contributed by atoms with E-state index in [0.29, 0.717) is 24.3 Å². The van der Waals surface area contributed by atoms with Gasteiger partial charge < -0.3 is 14.2 Å². The Morgan fingerprint density at radius 3 is 1.56 bits per heavy atom. The van der Waals surface area contributed by atoms with Crippen molar-refractivity contribution in [2.45, 2.75) is 25.0 Å². The summed E-state index contributed by atoms with van der Waals surface area (Å²) in [6, 6.07) is 17.9. The van der Waals surface area contributed by atoms with Crippen LogP contribution in [0.3, 0.4) is 0 Å². The maximum Gasteiger partial charge on any atom is 0.338 e. The first-order chi connectivity index (χ1) is 13.2. The summed E-state index contributed by atoms with van der Waals surface area (Å²) in [4.78, 5) is 24.4. The Morgan fingerprint density at radius 1 is 0.741 bits per heavy atom. The van der Waals surface area contributed by atoms with Crippen molar-refractivity contribution in [1.29, 1.82) is 0 Å². The number of rotatable bonds is 6. The van der Waals surface area contributed by atoms with E-state index in [9.17, 15) is 9.59 Å². The average Bonchev–Trinajstić information content (AvgIpc) is 3.49. The van der Waals surface area contributed by atoms with Crippen molar-refractivity contribution >= 4 is 11.9 Å². The molecule has 1 saturated heterocycles. The van der Waals surface area contributed by atoms with Crippen LogP contribution in [0.4, 0.5) is 0 Å². The smallest absolute Gasteiger partial charge is 0.338 e. The Bertz CT molecular complexity index is 721. The van der Waals surface area contributed by atoms with Crippen molar-refractivity contribution in [2.75, 3.05) is 13.2 Å². The highest BCUT2D eigenvalue weighted by molar-refractivity contribution is 5.89. The van der Waals surface area contributed by atoms with E-state index in [2.05, 4.69) is 0 Å². The minimum atomic E-state index is -0.325. The molecule has 5 nitrogen and oxygen atoms in total. The molecule has 0 aromatic heterocycles. The standard InChI is InChI=1S/C22H22O5/c23-21(15-7-3-1-4-8-15)25-13-17-11-19-20(27-19)12-18(17)14-26-22(24)16-9-5-2-6-10-16/h1-10,17-20H,11-14H2/t17-,18+,19+,20-. The molecule has 2 aromatic carbocycles. The SMILES string of the molecule is O=C(OC[C@@H]1C[C@H]2O[C@H]2C[C@@H]1COC(=O)c1ccccc1)c1ccccc1. The van der Waals surface area contributed by atoms with Gasteiger partial charge in [0.1, 0.15) is 0 Å². The number of fused-ring (bicyclic) bond motifs is 1.